The van der Waals surface area contributed by atoms with Crippen molar-refractivity contribution in [3.05, 3.63) is 100 Å². The van der Waals surface area contributed by atoms with Gasteiger partial charge in [0.1, 0.15) is 23.8 Å². The van der Waals surface area contributed by atoms with E-state index in [4.69, 9.17) is 16.3 Å². The monoisotopic (exact) mass is 529 g/mol. The average molecular weight is 530 g/mol. The quantitative estimate of drug-likeness (QED) is 0.195. The second kappa shape index (κ2) is 10.9. The summed E-state index contributed by atoms with van der Waals surface area (Å²) in [5, 5.41) is 20.7. The molecule has 9 heteroatoms. The Labute approximate surface area is 222 Å². The summed E-state index contributed by atoms with van der Waals surface area (Å²) in [6, 6.07) is 25.2. The van der Waals surface area contributed by atoms with Crippen molar-refractivity contribution in [2.24, 2.45) is 10.2 Å². The van der Waals surface area contributed by atoms with Crippen molar-refractivity contribution in [1.82, 2.24) is 4.90 Å². The molecule has 0 atom stereocenters. The molecular weight excluding hydrogens is 510 g/mol. The van der Waals surface area contributed by atoms with Crippen LogP contribution in [0.25, 0.3) is 16.8 Å². The van der Waals surface area contributed by atoms with Gasteiger partial charge < -0.3 is 9.84 Å². The number of hydrogen-bond donors (Lipinski definition) is 1. The lowest BCUT2D eigenvalue weighted by molar-refractivity contribution is -0.123. The minimum absolute atomic E-state index is 0.0530. The number of phenolic OH excluding ortho intramolecular Hbond substituents is 1. The number of azo groups is 1. The van der Waals surface area contributed by atoms with Crippen molar-refractivity contribution < 1.29 is 19.4 Å². The van der Waals surface area contributed by atoms with Crippen molar-refractivity contribution in [2.75, 3.05) is 13.2 Å². The standard InChI is InChI=1S/C28H20ClN3O4S/c29-22-9-3-4-10-23(22)31-30-20-12-13-24(33)19(16-20)17-26-27(34)32(28(35)37-26)14-15-36-25-11-5-7-18-6-1-2-8-21(18)25/h1-13,16-17,33H,14-15H2/b26-17-,31-30?. The van der Waals surface area contributed by atoms with Crippen molar-refractivity contribution in [1.29, 1.82) is 0 Å². The molecule has 0 spiro atoms. The summed E-state index contributed by atoms with van der Waals surface area (Å²) in [7, 11) is 0. The van der Waals surface area contributed by atoms with Crippen molar-refractivity contribution in [3.8, 4) is 11.5 Å². The number of amides is 2. The largest absolute Gasteiger partial charge is 0.507 e. The predicted octanol–water partition coefficient (Wildman–Crippen LogP) is 7.73. The van der Waals surface area contributed by atoms with E-state index >= 15 is 0 Å². The summed E-state index contributed by atoms with van der Waals surface area (Å²) < 4.78 is 5.89. The van der Waals surface area contributed by atoms with Crippen LogP contribution >= 0.6 is 23.4 Å². The summed E-state index contributed by atoms with van der Waals surface area (Å²) in [6.07, 6.45) is 1.47. The number of hydrogen-bond acceptors (Lipinski definition) is 7. The van der Waals surface area contributed by atoms with Crippen LogP contribution in [0, 0.1) is 0 Å². The number of phenols is 1. The summed E-state index contributed by atoms with van der Waals surface area (Å²) >= 11 is 6.92. The van der Waals surface area contributed by atoms with E-state index in [2.05, 4.69) is 10.2 Å². The van der Waals surface area contributed by atoms with Gasteiger partial charge in [0.05, 0.1) is 22.2 Å². The van der Waals surface area contributed by atoms with Crippen LogP contribution in [-0.2, 0) is 4.79 Å². The Bertz CT molecular complexity index is 1570. The zero-order valence-electron chi connectivity index (χ0n) is 19.4. The molecule has 0 saturated carbocycles. The molecule has 0 bridgehead atoms. The van der Waals surface area contributed by atoms with E-state index < -0.39 is 11.1 Å². The van der Waals surface area contributed by atoms with Gasteiger partial charge in [0, 0.05) is 10.9 Å². The Morgan fingerprint density at radius 3 is 2.59 bits per heavy atom. The van der Waals surface area contributed by atoms with E-state index in [0.29, 0.717) is 27.7 Å². The number of fused-ring (bicyclic) bond motifs is 1. The zero-order valence-corrected chi connectivity index (χ0v) is 20.9. The van der Waals surface area contributed by atoms with Gasteiger partial charge in [0.25, 0.3) is 11.1 Å². The number of ether oxygens (including phenoxy) is 1. The molecule has 1 heterocycles. The second-order valence-corrected chi connectivity index (χ2v) is 9.45. The lowest BCUT2D eigenvalue weighted by Gasteiger charge is -2.14. The molecule has 37 heavy (non-hydrogen) atoms. The first-order valence-corrected chi connectivity index (χ1v) is 12.5. The Balaban J connectivity index is 1.28. The molecule has 0 unspecified atom stereocenters. The lowest BCUT2D eigenvalue weighted by atomic mass is 10.1. The van der Waals surface area contributed by atoms with Gasteiger partial charge in [-0.1, -0.05) is 60.1 Å². The van der Waals surface area contributed by atoms with E-state index in [1.54, 1.807) is 36.4 Å². The third kappa shape index (κ3) is 5.50. The number of carbonyl (C=O) groups is 2. The fourth-order valence-electron chi connectivity index (χ4n) is 3.77. The SMILES string of the molecule is O=C1S/C(=C\c2cc(N=Nc3ccccc3Cl)ccc2O)C(=O)N1CCOc1cccc2ccccc12. The Kier molecular flexibility index (Phi) is 7.20. The molecule has 1 fully saturated rings. The Morgan fingerprint density at radius 1 is 0.946 bits per heavy atom. The van der Waals surface area contributed by atoms with Crippen molar-refractivity contribution >= 4 is 62.7 Å². The zero-order chi connectivity index (χ0) is 25.8. The lowest BCUT2D eigenvalue weighted by Crippen LogP contribution is -2.32. The molecule has 0 aliphatic carbocycles. The first-order chi connectivity index (χ1) is 18.0. The number of aromatic hydroxyl groups is 1. The molecule has 1 aliphatic rings. The number of nitrogens with zero attached hydrogens (tertiary/aromatic N) is 3. The van der Waals surface area contributed by atoms with Crippen molar-refractivity contribution in [3.63, 3.8) is 0 Å². The molecule has 7 nitrogen and oxygen atoms in total. The number of carbonyl (C=O) groups excluding carboxylic acids is 2. The van der Waals surface area contributed by atoms with Crippen LogP contribution in [0.4, 0.5) is 16.2 Å². The maximum Gasteiger partial charge on any atom is 0.293 e. The van der Waals surface area contributed by atoms with Gasteiger partial charge in [0.2, 0.25) is 0 Å². The van der Waals surface area contributed by atoms with Crippen LogP contribution in [0.5, 0.6) is 11.5 Å². The van der Waals surface area contributed by atoms with Gasteiger partial charge in [-0.15, -0.1) is 5.11 Å². The highest BCUT2D eigenvalue weighted by Gasteiger charge is 2.35. The summed E-state index contributed by atoms with van der Waals surface area (Å²) in [4.78, 5) is 26.8. The van der Waals surface area contributed by atoms with Crippen LogP contribution < -0.4 is 4.74 Å². The number of benzene rings is 4. The maximum atomic E-state index is 12.9. The van der Waals surface area contributed by atoms with Gasteiger partial charge in [0.15, 0.2) is 0 Å². The first kappa shape index (κ1) is 24.5. The molecule has 1 aliphatic heterocycles. The number of rotatable bonds is 7. The second-order valence-electron chi connectivity index (χ2n) is 8.05. The van der Waals surface area contributed by atoms with E-state index in [9.17, 15) is 14.7 Å². The maximum absolute atomic E-state index is 12.9. The highest BCUT2D eigenvalue weighted by molar-refractivity contribution is 8.18. The molecule has 4 aromatic rings. The summed E-state index contributed by atoms with van der Waals surface area (Å²) in [5.41, 5.74) is 1.30. The van der Waals surface area contributed by atoms with Crippen LogP contribution in [0.1, 0.15) is 5.56 Å². The van der Waals surface area contributed by atoms with Gasteiger partial charge in [-0.05, 0) is 59.6 Å². The van der Waals surface area contributed by atoms with Gasteiger partial charge >= 0.3 is 0 Å². The third-order valence-corrected chi connectivity index (χ3v) is 6.85. The summed E-state index contributed by atoms with van der Waals surface area (Å²) in [6.45, 7) is 0.256. The molecule has 5 rings (SSSR count). The fraction of sp³-hybridized carbons (Fsp3) is 0.0714. The molecule has 2 amide bonds. The molecule has 1 saturated heterocycles. The molecule has 184 valence electrons. The average Bonchev–Trinajstić information content (AvgIpc) is 3.17. The van der Waals surface area contributed by atoms with Crippen molar-refractivity contribution in [2.45, 2.75) is 0 Å². The normalized spacial score (nSPS) is 14.8. The first-order valence-electron chi connectivity index (χ1n) is 11.3. The van der Waals surface area contributed by atoms with E-state index in [-0.39, 0.29) is 23.8 Å². The Hall–Kier alpha value is -4.14. The van der Waals surface area contributed by atoms with Crippen LogP contribution in [0.15, 0.2) is 100 Å². The highest BCUT2D eigenvalue weighted by atomic mass is 35.5. The molecular formula is C28H20ClN3O4S. The number of thioether (sulfide) groups is 1. The molecule has 0 aromatic heterocycles. The molecule has 0 radical (unpaired) electrons. The molecule has 4 aromatic carbocycles. The smallest absolute Gasteiger partial charge is 0.293 e. The minimum Gasteiger partial charge on any atom is -0.507 e. The van der Waals surface area contributed by atoms with Gasteiger partial charge in [-0.25, -0.2) is 0 Å². The van der Waals surface area contributed by atoms with E-state index in [1.807, 2.05) is 42.5 Å². The molecule has 1 N–H and O–H groups in total. The number of imide groups is 1. The van der Waals surface area contributed by atoms with Crippen LogP contribution in [0.2, 0.25) is 5.02 Å². The topological polar surface area (TPSA) is 91.6 Å². The third-order valence-electron chi connectivity index (χ3n) is 5.62. The van der Waals surface area contributed by atoms with E-state index in [0.717, 1.165) is 27.4 Å². The van der Waals surface area contributed by atoms with Crippen LogP contribution in [-0.4, -0.2) is 34.3 Å². The van der Waals surface area contributed by atoms with Gasteiger partial charge in [-0.3, -0.25) is 14.5 Å². The van der Waals surface area contributed by atoms with Gasteiger partial charge in [-0.2, -0.15) is 5.11 Å². The highest BCUT2D eigenvalue weighted by Crippen LogP contribution is 2.35. The fourth-order valence-corrected chi connectivity index (χ4v) is 4.80. The minimum atomic E-state index is -0.445. The predicted molar refractivity (Wildman–Crippen MR) is 146 cm³/mol. The number of halogens is 1. The van der Waals surface area contributed by atoms with Crippen LogP contribution in [0.3, 0.4) is 0 Å². The Morgan fingerprint density at radius 2 is 1.73 bits per heavy atom. The summed E-state index contributed by atoms with van der Waals surface area (Å²) in [5.74, 6) is 0.190. The van der Waals surface area contributed by atoms with E-state index in [1.165, 1.54) is 12.1 Å².